The number of benzene rings is 4. The third-order valence-corrected chi connectivity index (χ3v) is 9.33. The Hall–Kier alpha value is -7.07. The van der Waals surface area contributed by atoms with Crippen molar-refractivity contribution in [2.24, 2.45) is 38.3 Å². The molecule has 4 aromatic carbocycles. The van der Waals surface area contributed by atoms with E-state index >= 15 is 0 Å². The number of amides is 4. The molecule has 0 atom stereocenters. The Morgan fingerprint density at radius 1 is 0.556 bits per heavy atom. The second-order valence-corrected chi connectivity index (χ2v) is 13.8. The Balaban J connectivity index is 0.000000650. The molecule has 4 aromatic rings. The van der Waals surface area contributed by atoms with Gasteiger partial charge in [-0.05, 0) is 72.6 Å². The first-order valence-electron chi connectivity index (χ1n) is 18.6. The van der Waals surface area contributed by atoms with Crippen molar-refractivity contribution >= 4 is 63.2 Å². The number of hydrogen-bond acceptors (Lipinski definition) is 7. The zero-order valence-corrected chi connectivity index (χ0v) is 33.1. The van der Waals surface area contributed by atoms with E-state index in [9.17, 15) is 49.5 Å². The number of barbiturate groups is 1. The number of nitrogens with two attached hydrogens (primary N) is 4. The van der Waals surface area contributed by atoms with Gasteiger partial charge in [0, 0.05) is 37.0 Å². The summed E-state index contributed by atoms with van der Waals surface area (Å²) in [5, 5.41) is 16.0. The van der Waals surface area contributed by atoms with Crippen molar-refractivity contribution in [2.75, 3.05) is 26.2 Å². The third kappa shape index (κ3) is 13.5. The summed E-state index contributed by atoms with van der Waals surface area (Å²) >= 11 is 0. The molecule has 23 heteroatoms. The maximum Gasteiger partial charge on any atom is 0.490 e. The summed E-state index contributed by atoms with van der Waals surface area (Å²) in [7, 11) is 0. The van der Waals surface area contributed by atoms with Gasteiger partial charge in [0.15, 0.2) is 11.9 Å². The van der Waals surface area contributed by atoms with Gasteiger partial charge in [0.05, 0.1) is 0 Å². The molecule has 4 amide bonds. The number of rotatable bonds is 14. The Bertz CT molecular complexity index is 2200. The number of unbranched alkanes of at least 4 members (excludes halogenated alkanes) is 2. The van der Waals surface area contributed by atoms with E-state index in [4.69, 9.17) is 42.7 Å². The van der Waals surface area contributed by atoms with E-state index in [-0.39, 0.29) is 37.9 Å². The summed E-state index contributed by atoms with van der Waals surface area (Å²) in [5.74, 6) is -7.90. The molecular formula is C40H42F8N8O7. The number of urea groups is 1. The average Bonchev–Trinajstić information content (AvgIpc) is 3.21. The topological polar surface area (TPSA) is 261 Å². The molecular weight excluding hydrogens is 856 g/mol. The quantitative estimate of drug-likeness (QED) is 0.0315. The smallest absolute Gasteiger partial charge is 0.475 e. The van der Waals surface area contributed by atoms with Crippen LogP contribution in [0.1, 0.15) is 36.8 Å². The largest absolute Gasteiger partial charge is 0.490 e. The van der Waals surface area contributed by atoms with Crippen LogP contribution in [-0.4, -0.2) is 100 Å². The lowest BCUT2D eigenvalue weighted by molar-refractivity contribution is -0.193. The molecule has 1 saturated heterocycles. The van der Waals surface area contributed by atoms with Crippen molar-refractivity contribution < 1.29 is 69.3 Å². The summed E-state index contributed by atoms with van der Waals surface area (Å²) < 4.78 is 93.4. The molecule has 15 nitrogen and oxygen atoms in total. The summed E-state index contributed by atoms with van der Waals surface area (Å²) in [6.07, 6.45) is -8.76. The van der Waals surface area contributed by atoms with Crippen LogP contribution in [0.4, 0.5) is 39.9 Å². The maximum atomic E-state index is 15.0. The van der Waals surface area contributed by atoms with Gasteiger partial charge in [-0.3, -0.25) is 29.4 Å². The average molecular weight is 899 g/mol. The Kier molecular flexibility index (Phi) is 17.3. The minimum atomic E-state index is -5.08. The Labute approximate surface area is 353 Å². The first-order chi connectivity index (χ1) is 29.4. The molecule has 10 N–H and O–H groups in total. The van der Waals surface area contributed by atoms with Crippen LogP contribution in [0.15, 0.2) is 82.8 Å². The molecule has 1 heterocycles. The van der Waals surface area contributed by atoms with Crippen LogP contribution in [0.25, 0.3) is 21.5 Å². The van der Waals surface area contributed by atoms with Gasteiger partial charge in [0.25, 0.3) is 0 Å². The zero-order chi connectivity index (χ0) is 47.3. The van der Waals surface area contributed by atoms with Crippen LogP contribution in [0, 0.1) is 17.0 Å². The molecule has 0 bridgehead atoms. The lowest BCUT2D eigenvalue weighted by Crippen LogP contribution is -2.66. The highest BCUT2D eigenvalue weighted by Gasteiger charge is 2.57. The van der Waals surface area contributed by atoms with E-state index in [0.717, 1.165) is 9.80 Å². The van der Waals surface area contributed by atoms with Crippen molar-refractivity contribution in [1.29, 1.82) is 0 Å². The number of halogens is 8. The maximum absolute atomic E-state index is 15.0. The summed E-state index contributed by atoms with van der Waals surface area (Å²) in [6.45, 7) is 0.595. The van der Waals surface area contributed by atoms with Gasteiger partial charge in [-0.25, -0.2) is 23.2 Å². The second-order valence-electron chi connectivity index (χ2n) is 13.8. The van der Waals surface area contributed by atoms with Crippen LogP contribution in [0.2, 0.25) is 0 Å². The van der Waals surface area contributed by atoms with Gasteiger partial charge in [0.2, 0.25) is 11.8 Å². The fourth-order valence-corrected chi connectivity index (χ4v) is 6.47. The van der Waals surface area contributed by atoms with E-state index < -0.39 is 59.2 Å². The van der Waals surface area contributed by atoms with Crippen LogP contribution in [-0.2, 0) is 32.0 Å². The molecule has 0 radical (unpaired) electrons. The SMILES string of the molecule is NC(N)=NCCCCN1C(=O)N(CCCCN=C(N)N)C(=O)C(Cc2ccc(F)c3ccccc23)(Cc2ccc(F)c3ccccc23)C1=O.O=C(O)C(F)(F)F.O=C(O)C(F)(F)F. The number of nitrogens with zero attached hydrogens (tertiary/aromatic N) is 4. The lowest BCUT2D eigenvalue weighted by Gasteiger charge is -2.44. The number of alkyl halides is 6. The standard InChI is InChI=1S/C36H40F2N8O3.2C2HF3O2/c37-29-15-13-23(25-9-1-3-11-27(25)29)21-36(22-24-14-16-30(38)28-12-4-2-10-26(24)28)31(47)45(19-7-5-17-43-33(39)40)35(49)46(32(36)48)20-8-6-18-44-34(41)42;2*3-2(4,5)1(6)7/h1-4,9-16H,5-8,17-22H2,(H4,39,40,43)(H4,41,42,44);2*(H,6,7). The lowest BCUT2D eigenvalue weighted by atomic mass is 9.71. The molecule has 340 valence electrons. The van der Waals surface area contributed by atoms with E-state index in [1.807, 2.05) is 0 Å². The van der Waals surface area contributed by atoms with E-state index in [1.165, 1.54) is 12.1 Å². The van der Waals surface area contributed by atoms with Crippen molar-refractivity contribution in [3.63, 3.8) is 0 Å². The number of aliphatic carboxylic acids is 2. The number of aliphatic imine (C=N–C) groups is 2. The van der Waals surface area contributed by atoms with Gasteiger partial charge < -0.3 is 33.1 Å². The van der Waals surface area contributed by atoms with Gasteiger partial charge in [-0.15, -0.1) is 0 Å². The van der Waals surface area contributed by atoms with Crippen LogP contribution in [0.5, 0.6) is 0 Å². The number of hydrogen-bond donors (Lipinski definition) is 6. The second kappa shape index (κ2) is 21.6. The number of guanidine groups is 2. The molecule has 0 saturated carbocycles. The molecule has 0 aromatic heterocycles. The predicted molar refractivity (Wildman–Crippen MR) is 214 cm³/mol. The highest BCUT2D eigenvalue weighted by molar-refractivity contribution is 6.19. The Morgan fingerprint density at radius 3 is 1.17 bits per heavy atom. The van der Waals surface area contributed by atoms with Crippen molar-refractivity contribution in [3.8, 4) is 0 Å². The van der Waals surface area contributed by atoms with Crippen molar-refractivity contribution in [2.45, 2.75) is 50.9 Å². The van der Waals surface area contributed by atoms with E-state index in [1.54, 1.807) is 60.7 Å². The molecule has 0 aliphatic carbocycles. The number of carboxylic acids is 2. The van der Waals surface area contributed by atoms with E-state index in [2.05, 4.69) is 9.98 Å². The molecule has 1 fully saturated rings. The number of carbonyl (C=O) groups is 5. The molecule has 0 unspecified atom stereocenters. The monoisotopic (exact) mass is 898 g/mol. The van der Waals surface area contributed by atoms with Crippen molar-refractivity contribution in [1.82, 2.24) is 9.80 Å². The molecule has 1 aliphatic heterocycles. The van der Waals surface area contributed by atoms with Gasteiger partial charge in [-0.2, -0.15) is 26.3 Å². The molecule has 5 rings (SSSR count). The number of fused-ring (bicyclic) bond motifs is 2. The fourth-order valence-electron chi connectivity index (χ4n) is 6.47. The first kappa shape index (κ1) is 50.3. The highest BCUT2D eigenvalue weighted by atomic mass is 19.4. The van der Waals surface area contributed by atoms with Crippen LogP contribution in [0.3, 0.4) is 0 Å². The third-order valence-electron chi connectivity index (χ3n) is 9.33. The number of carbonyl (C=O) groups excluding carboxylic acids is 3. The Morgan fingerprint density at radius 2 is 0.873 bits per heavy atom. The minimum Gasteiger partial charge on any atom is -0.475 e. The fraction of sp³-hybridized carbons (Fsp3) is 0.325. The molecule has 63 heavy (non-hydrogen) atoms. The normalized spacial score (nSPS) is 13.7. The first-order valence-corrected chi connectivity index (χ1v) is 18.6. The summed E-state index contributed by atoms with van der Waals surface area (Å²) in [4.78, 5) is 71.7. The molecule has 0 spiro atoms. The van der Waals surface area contributed by atoms with Crippen LogP contribution >= 0.6 is 0 Å². The molecule has 1 aliphatic rings. The van der Waals surface area contributed by atoms with Gasteiger partial charge in [-0.1, -0.05) is 60.7 Å². The summed E-state index contributed by atoms with van der Waals surface area (Å²) in [5.41, 5.74) is 21.1. The minimum absolute atomic E-state index is 0.00548. The van der Waals surface area contributed by atoms with Crippen LogP contribution < -0.4 is 22.9 Å². The predicted octanol–water partition coefficient (Wildman–Crippen LogP) is 5.21. The summed E-state index contributed by atoms with van der Waals surface area (Å²) in [6, 6.07) is 18.7. The highest BCUT2D eigenvalue weighted by Crippen LogP contribution is 2.40. The number of imide groups is 2. The van der Waals surface area contributed by atoms with Crippen molar-refractivity contribution in [3.05, 3.63) is 95.6 Å². The number of carboxylic acid groups (broad SMARTS) is 2. The van der Waals surface area contributed by atoms with Gasteiger partial charge >= 0.3 is 30.3 Å². The van der Waals surface area contributed by atoms with E-state index in [0.29, 0.717) is 71.4 Å². The zero-order valence-electron chi connectivity index (χ0n) is 33.1. The van der Waals surface area contributed by atoms with Gasteiger partial charge in [0.1, 0.15) is 17.0 Å².